The maximum absolute atomic E-state index is 15.0. The van der Waals surface area contributed by atoms with E-state index in [9.17, 15) is 27.5 Å². The van der Waals surface area contributed by atoms with E-state index in [4.69, 9.17) is 5.73 Å². The molecule has 1 atom stereocenters. The van der Waals surface area contributed by atoms with Gasteiger partial charge in [-0.05, 0) is 42.8 Å². The molecule has 1 amide bonds. The van der Waals surface area contributed by atoms with Crippen LogP contribution in [0.5, 0.6) is 0 Å². The minimum Gasteiger partial charge on any atom is -0.398 e. The average molecular weight is 526 g/mol. The molecule has 0 radical (unpaired) electrons. The smallest absolute Gasteiger partial charge is 0.398 e. The van der Waals surface area contributed by atoms with Crippen LogP contribution in [0.25, 0.3) is 22.5 Å². The highest BCUT2D eigenvalue weighted by atomic mass is 19.4. The van der Waals surface area contributed by atoms with Crippen molar-refractivity contribution in [3.05, 3.63) is 94.9 Å². The van der Waals surface area contributed by atoms with Crippen LogP contribution in [0.2, 0.25) is 0 Å². The predicted octanol–water partition coefficient (Wildman–Crippen LogP) is 5.47. The lowest BCUT2D eigenvalue weighted by atomic mass is 9.99. The molecule has 11 heteroatoms. The maximum Gasteiger partial charge on any atom is 0.417 e. The summed E-state index contributed by atoms with van der Waals surface area (Å²) in [7, 11) is 1.40. The number of rotatable bonds is 6. The summed E-state index contributed by atoms with van der Waals surface area (Å²) in [6.07, 6.45) is -1.84. The summed E-state index contributed by atoms with van der Waals surface area (Å²) in [6.45, 7) is 1.57. The van der Waals surface area contributed by atoms with E-state index in [-0.39, 0.29) is 17.5 Å². The van der Waals surface area contributed by atoms with Crippen molar-refractivity contribution in [2.75, 3.05) is 12.4 Å². The van der Waals surface area contributed by atoms with Crippen molar-refractivity contribution >= 4 is 29.0 Å². The zero-order valence-electron chi connectivity index (χ0n) is 20.3. The first kappa shape index (κ1) is 26.6. The molecule has 0 fully saturated rings. The second kappa shape index (κ2) is 10.5. The third kappa shape index (κ3) is 5.28. The van der Waals surface area contributed by atoms with Crippen LogP contribution in [0.1, 0.15) is 40.1 Å². The average Bonchev–Trinajstić information content (AvgIpc) is 3.24. The Kier molecular flexibility index (Phi) is 7.31. The number of alkyl halides is 3. The topological polar surface area (TPSA) is 105 Å². The van der Waals surface area contributed by atoms with E-state index in [1.807, 2.05) is 0 Å². The number of carbonyl (C=O) groups is 1. The molecule has 2 heterocycles. The molecule has 4 aromatic rings. The van der Waals surface area contributed by atoms with Crippen molar-refractivity contribution in [3.63, 3.8) is 0 Å². The summed E-state index contributed by atoms with van der Waals surface area (Å²) >= 11 is 0. The lowest BCUT2D eigenvalue weighted by Crippen LogP contribution is -2.18. The molecule has 38 heavy (non-hydrogen) atoms. The summed E-state index contributed by atoms with van der Waals surface area (Å²) in [5.41, 5.74) is 5.02. The number of amides is 1. The summed E-state index contributed by atoms with van der Waals surface area (Å²) in [5.74, 6) is -2.39. The van der Waals surface area contributed by atoms with Crippen LogP contribution in [0.3, 0.4) is 0 Å². The predicted molar refractivity (Wildman–Crippen MR) is 137 cm³/mol. The molecule has 4 rings (SSSR count). The Bertz CT molecular complexity index is 1560. The number of pyridine rings is 1. The van der Waals surface area contributed by atoms with Gasteiger partial charge in [0.15, 0.2) is 0 Å². The molecule has 2 aromatic carbocycles. The number of aromatic nitrogens is 2. The second-order valence-corrected chi connectivity index (χ2v) is 8.41. The fourth-order valence-electron chi connectivity index (χ4n) is 3.89. The number of fused-ring (bicyclic) bond motifs is 1. The third-order valence-corrected chi connectivity index (χ3v) is 5.80. The molecule has 0 aliphatic rings. The van der Waals surface area contributed by atoms with E-state index in [0.29, 0.717) is 22.3 Å². The van der Waals surface area contributed by atoms with E-state index >= 15 is 0 Å². The Balaban J connectivity index is 1.87. The second-order valence-electron chi connectivity index (χ2n) is 8.41. The lowest BCUT2D eigenvalue weighted by Gasteiger charge is -2.16. The highest BCUT2D eigenvalue weighted by Crippen LogP contribution is 2.37. The first-order valence-corrected chi connectivity index (χ1v) is 11.4. The van der Waals surface area contributed by atoms with E-state index in [0.717, 1.165) is 12.1 Å². The number of benzene rings is 2. The van der Waals surface area contributed by atoms with Crippen LogP contribution < -0.4 is 11.1 Å². The number of hydrogen-bond acceptors (Lipinski definition) is 5. The van der Waals surface area contributed by atoms with Crippen molar-refractivity contribution in [2.24, 2.45) is 10.7 Å². The summed E-state index contributed by atoms with van der Waals surface area (Å²) in [4.78, 5) is 17.0. The fraction of sp³-hybridized carbons (Fsp3) is 0.148. The molecular weight excluding hydrogens is 502 g/mol. The summed E-state index contributed by atoms with van der Waals surface area (Å²) < 4.78 is 57.4. The molecule has 196 valence electrons. The largest absolute Gasteiger partial charge is 0.417 e. The molecule has 0 saturated heterocycles. The van der Waals surface area contributed by atoms with E-state index < -0.39 is 40.7 Å². The number of allylic oxidation sites excluding steroid dienone is 1. The van der Waals surface area contributed by atoms with Gasteiger partial charge in [-0.15, -0.1) is 0 Å². The zero-order valence-corrected chi connectivity index (χ0v) is 20.3. The van der Waals surface area contributed by atoms with Gasteiger partial charge in [-0.3, -0.25) is 9.79 Å². The van der Waals surface area contributed by atoms with Crippen LogP contribution in [0, 0.1) is 5.82 Å². The van der Waals surface area contributed by atoms with Gasteiger partial charge in [0.25, 0.3) is 5.91 Å². The quantitative estimate of drug-likeness (QED) is 0.230. The van der Waals surface area contributed by atoms with Gasteiger partial charge in [0.05, 0.1) is 28.4 Å². The number of halogens is 4. The number of aliphatic hydroxyl groups is 1. The molecule has 4 N–H and O–H groups in total. The van der Waals surface area contributed by atoms with Crippen molar-refractivity contribution in [1.82, 2.24) is 9.61 Å². The first-order valence-electron chi connectivity index (χ1n) is 11.4. The minimum absolute atomic E-state index is 0.186. The van der Waals surface area contributed by atoms with E-state index in [2.05, 4.69) is 15.4 Å². The van der Waals surface area contributed by atoms with Gasteiger partial charge in [-0.2, -0.15) is 18.3 Å². The minimum atomic E-state index is -4.92. The third-order valence-electron chi connectivity index (χ3n) is 5.80. The van der Waals surface area contributed by atoms with Crippen LogP contribution in [-0.4, -0.2) is 33.9 Å². The van der Waals surface area contributed by atoms with Gasteiger partial charge in [0.1, 0.15) is 11.5 Å². The first-order chi connectivity index (χ1) is 18.0. The SMILES string of the molecule is CN=CC=C(N)c1cc(C(=O)Nc2c(-c3ccccc3)nn3ccc(C(C)O)cc23)c(F)cc1C(F)(F)F. The van der Waals surface area contributed by atoms with Crippen LogP contribution in [-0.2, 0) is 6.18 Å². The monoisotopic (exact) mass is 525 g/mol. The Hall–Kier alpha value is -4.51. The highest BCUT2D eigenvalue weighted by Gasteiger charge is 2.36. The van der Waals surface area contributed by atoms with Crippen LogP contribution in [0.4, 0.5) is 23.2 Å². The van der Waals surface area contributed by atoms with Crippen LogP contribution in [0.15, 0.2) is 71.9 Å². The zero-order chi connectivity index (χ0) is 27.6. The molecular formula is C27H23F4N5O2. The van der Waals surface area contributed by atoms with Gasteiger partial charge in [-0.25, -0.2) is 8.91 Å². The highest BCUT2D eigenvalue weighted by molar-refractivity contribution is 6.09. The number of aliphatic hydroxyl groups excluding tert-OH is 1. The molecule has 0 aliphatic carbocycles. The Morgan fingerprint density at radius 3 is 2.50 bits per heavy atom. The Morgan fingerprint density at radius 2 is 1.87 bits per heavy atom. The number of nitrogens with two attached hydrogens (primary N) is 1. The van der Waals surface area contributed by atoms with Crippen molar-refractivity contribution in [1.29, 1.82) is 0 Å². The molecule has 0 spiro atoms. The molecule has 2 aromatic heterocycles. The number of nitrogens with zero attached hydrogens (tertiary/aromatic N) is 3. The molecule has 1 unspecified atom stereocenters. The fourth-order valence-corrected chi connectivity index (χ4v) is 3.89. The number of anilines is 1. The molecule has 0 bridgehead atoms. The molecule has 0 saturated carbocycles. The van der Waals surface area contributed by atoms with Crippen molar-refractivity contribution < 1.29 is 27.5 Å². The number of hydrogen-bond donors (Lipinski definition) is 3. The Morgan fingerprint density at radius 1 is 1.16 bits per heavy atom. The number of carbonyl (C=O) groups excluding carboxylic acids is 1. The number of nitrogens with one attached hydrogen (secondary N) is 1. The lowest BCUT2D eigenvalue weighted by molar-refractivity contribution is -0.138. The van der Waals surface area contributed by atoms with Crippen molar-refractivity contribution in [2.45, 2.75) is 19.2 Å². The number of aliphatic imine (C=N–C) groups is 1. The van der Waals surface area contributed by atoms with Crippen molar-refractivity contribution in [3.8, 4) is 11.3 Å². The van der Waals surface area contributed by atoms with Gasteiger partial charge >= 0.3 is 6.18 Å². The molecule has 0 aliphatic heterocycles. The molecule has 7 nitrogen and oxygen atoms in total. The maximum atomic E-state index is 15.0. The van der Waals surface area contributed by atoms with E-state index in [1.54, 1.807) is 55.6 Å². The van der Waals surface area contributed by atoms with Gasteiger partial charge < -0.3 is 16.2 Å². The summed E-state index contributed by atoms with van der Waals surface area (Å²) in [6, 6.07) is 13.1. The van der Waals surface area contributed by atoms with E-state index in [1.165, 1.54) is 17.8 Å². The van der Waals surface area contributed by atoms with Crippen LogP contribution >= 0.6 is 0 Å². The Labute approximate surface area is 214 Å². The normalized spacial score (nSPS) is 13.3. The standard InChI is InChI=1S/C27H23F4N5O2/c1-15(37)17-9-11-36-23(12-17)25(24(35-36)16-6-4-3-5-7-16)34-26(38)19-13-18(22(32)8-10-33-2)20(14-21(19)28)27(29,30)31/h3-15,37H,32H2,1-2H3,(H,34,38). The summed E-state index contributed by atoms with van der Waals surface area (Å²) in [5, 5.41) is 17.2. The van der Waals surface area contributed by atoms with Gasteiger partial charge in [-0.1, -0.05) is 30.3 Å². The van der Waals surface area contributed by atoms with Gasteiger partial charge in [0.2, 0.25) is 0 Å². The van der Waals surface area contributed by atoms with Gasteiger partial charge in [0, 0.05) is 36.3 Å².